The summed E-state index contributed by atoms with van der Waals surface area (Å²) < 4.78 is 41.3. The van der Waals surface area contributed by atoms with Crippen molar-refractivity contribution in [2.24, 2.45) is 0 Å². The number of halogens is 1. The molecule has 32 heavy (non-hydrogen) atoms. The Hall–Kier alpha value is -3.11. The summed E-state index contributed by atoms with van der Waals surface area (Å²) in [5.41, 5.74) is 0.593. The molecule has 166 valence electrons. The molecule has 0 aliphatic carbocycles. The van der Waals surface area contributed by atoms with Crippen LogP contribution in [0.15, 0.2) is 72.1 Å². The maximum atomic E-state index is 13.6. The summed E-state index contributed by atoms with van der Waals surface area (Å²) in [6.07, 6.45) is 5.65. The number of carbonyl (C=O) groups is 1. The van der Waals surface area contributed by atoms with E-state index < -0.39 is 9.84 Å². The van der Waals surface area contributed by atoms with Crippen LogP contribution in [0.3, 0.4) is 0 Å². The molecule has 4 aromatic rings. The summed E-state index contributed by atoms with van der Waals surface area (Å²) in [4.78, 5) is 23.3. The molecule has 0 aliphatic heterocycles. The number of aromatic nitrogens is 3. The lowest BCUT2D eigenvalue weighted by Crippen LogP contribution is -2.33. The Balaban J connectivity index is 1.52. The lowest BCUT2D eigenvalue weighted by molar-refractivity contribution is -0.118. The normalized spacial score (nSPS) is 11.7. The zero-order chi connectivity index (χ0) is 22.6. The molecule has 1 amide bonds. The third kappa shape index (κ3) is 5.20. The predicted octanol–water partition coefficient (Wildman–Crippen LogP) is 3.92. The molecule has 0 N–H and O–H groups in total. The van der Waals surface area contributed by atoms with Crippen molar-refractivity contribution in [3.63, 3.8) is 0 Å². The molecule has 0 saturated heterocycles. The lowest BCUT2D eigenvalue weighted by atomic mass is 10.3. The van der Waals surface area contributed by atoms with Gasteiger partial charge in [-0.3, -0.25) is 9.69 Å². The number of benzene rings is 2. The van der Waals surface area contributed by atoms with Gasteiger partial charge in [-0.15, -0.1) is 0 Å². The number of rotatable bonds is 9. The number of fused-ring (bicyclic) bond motifs is 1. The number of carbonyl (C=O) groups excluding carboxylic acids is 1. The highest BCUT2D eigenvalue weighted by atomic mass is 32.2. The van der Waals surface area contributed by atoms with Gasteiger partial charge in [0, 0.05) is 31.9 Å². The van der Waals surface area contributed by atoms with E-state index in [1.807, 2.05) is 10.8 Å². The van der Waals surface area contributed by atoms with Crippen LogP contribution in [0.4, 0.5) is 9.52 Å². The Morgan fingerprint density at radius 2 is 1.97 bits per heavy atom. The lowest BCUT2D eigenvalue weighted by Gasteiger charge is -2.20. The monoisotopic (exact) mass is 472 g/mol. The minimum Gasteiger partial charge on any atom is -0.337 e. The first kappa shape index (κ1) is 22.1. The van der Waals surface area contributed by atoms with Gasteiger partial charge in [-0.05, 0) is 36.8 Å². The van der Waals surface area contributed by atoms with Crippen LogP contribution >= 0.6 is 11.3 Å². The van der Waals surface area contributed by atoms with Gasteiger partial charge in [0.2, 0.25) is 5.91 Å². The molecule has 7 nitrogen and oxygen atoms in total. The Labute approximate surface area is 189 Å². The van der Waals surface area contributed by atoms with Gasteiger partial charge in [0.05, 0.1) is 27.2 Å². The fourth-order valence-electron chi connectivity index (χ4n) is 3.26. The second kappa shape index (κ2) is 9.58. The Bertz CT molecular complexity index is 1310. The topological polar surface area (TPSA) is 85.2 Å². The summed E-state index contributed by atoms with van der Waals surface area (Å²) in [5.74, 6) is -1.01. The average molecular weight is 473 g/mol. The number of anilines is 1. The summed E-state index contributed by atoms with van der Waals surface area (Å²) >= 11 is 1.21. The first-order valence-corrected chi connectivity index (χ1v) is 12.5. The minimum atomic E-state index is -3.58. The van der Waals surface area contributed by atoms with Crippen molar-refractivity contribution in [3.8, 4) is 0 Å². The molecule has 0 spiro atoms. The quantitative estimate of drug-likeness (QED) is 0.369. The maximum Gasteiger partial charge on any atom is 0.229 e. The van der Waals surface area contributed by atoms with Crippen molar-refractivity contribution in [1.82, 2.24) is 14.5 Å². The smallest absolute Gasteiger partial charge is 0.229 e. The van der Waals surface area contributed by atoms with Crippen LogP contribution in [0.2, 0.25) is 0 Å². The molecule has 2 aromatic carbocycles. The highest BCUT2D eigenvalue weighted by Gasteiger charge is 2.23. The van der Waals surface area contributed by atoms with E-state index in [0.29, 0.717) is 34.9 Å². The van der Waals surface area contributed by atoms with Gasteiger partial charge in [0.15, 0.2) is 15.0 Å². The number of amides is 1. The second-order valence-corrected chi connectivity index (χ2v) is 10.3. The summed E-state index contributed by atoms with van der Waals surface area (Å²) in [7, 11) is -3.58. The molecule has 0 unspecified atom stereocenters. The molecule has 2 heterocycles. The molecule has 0 bridgehead atoms. The van der Waals surface area contributed by atoms with Gasteiger partial charge in [0.25, 0.3) is 0 Å². The number of hydrogen-bond donors (Lipinski definition) is 0. The van der Waals surface area contributed by atoms with Gasteiger partial charge in [-0.2, -0.15) is 0 Å². The average Bonchev–Trinajstić information content (AvgIpc) is 3.45. The molecule has 0 aliphatic rings. The Morgan fingerprint density at radius 3 is 2.72 bits per heavy atom. The van der Waals surface area contributed by atoms with Crippen molar-refractivity contribution in [2.75, 3.05) is 17.2 Å². The maximum absolute atomic E-state index is 13.6. The Morgan fingerprint density at radius 1 is 1.16 bits per heavy atom. The van der Waals surface area contributed by atoms with E-state index in [-0.39, 0.29) is 28.8 Å². The number of imidazole rings is 1. The van der Waals surface area contributed by atoms with Crippen LogP contribution in [-0.4, -0.2) is 41.2 Å². The third-order valence-corrected chi connectivity index (χ3v) is 7.69. The van der Waals surface area contributed by atoms with Gasteiger partial charge in [-0.25, -0.2) is 22.8 Å². The first-order valence-electron chi connectivity index (χ1n) is 10.0. The fraction of sp³-hybridized carbons (Fsp3) is 0.227. The minimum absolute atomic E-state index is 0.174. The van der Waals surface area contributed by atoms with Gasteiger partial charge < -0.3 is 4.57 Å². The number of sulfone groups is 1. The molecule has 0 saturated carbocycles. The van der Waals surface area contributed by atoms with Crippen LogP contribution in [0.25, 0.3) is 10.2 Å². The third-order valence-electron chi connectivity index (χ3n) is 4.92. The predicted molar refractivity (Wildman–Crippen MR) is 122 cm³/mol. The molecule has 0 radical (unpaired) electrons. The van der Waals surface area contributed by atoms with E-state index in [2.05, 4.69) is 9.97 Å². The molecule has 0 fully saturated rings. The van der Waals surface area contributed by atoms with Crippen molar-refractivity contribution in [3.05, 3.63) is 73.1 Å². The van der Waals surface area contributed by atoms with E-state index in [1.165, 1.54) is 40.5 Å². The van der Waals surface area contributed by atoms with Crippen molar-refractivity contribution < 1.29 is 17.6 Å². The van der Waals surface area contributed by atoms with Crippen LogP contribution in [0.5, 0.6) is 0 Å². The van der Waals surface area contributed by atoms with Crippen LogP contribution in [0.1, 0.15) is 12.8 Å². The Kier molecular flexibility index (Phi) is 6.61. The van der Waals surface area contributed by atoms with Crippen molar-refractivity contribution >= 4 is 42.4 Å². The van der Waals surface area contributed by atoms with E-state index in [1.54, 1.807) is 36.8 Å². The van der Waals surface area contributed by atoms with E-state index >= 15 is 0 Å². The summed E-state index contributed by atoms with van der Waals surface area (Å²) in [6.45, 7) is 0.996. The first-order chi connectivity index (χ1) is 15.4. The van der Waals surface area contributed by atoms with E-state index in [0.717, 1.165) is 0 Å². The van der Waals surface area contributed by atoms with Gasteiger partial charge in [0.1, 0.15) is 5.82 Å². The zero-order valence-corrected chi connectivity index (χ0v) is 18.7. The van der Waals surface area contributed by atoms with E-state index in [9.17, 15) is 17.6 Å². The zero-order valence-electron chi connectivity index (χ0n) is 17.1. The molecule has 2 aromatic heterocycles. The standard InChI is InChI=1S/C22H21FN4O3S2/c23-17-7-8-19-20(15-17)31-22(25-19)27(12-4-11-26-13-10-24-16-26)21(28)9-14-32(29,30)18-5-2-1-3-6-18/h1-3,5-8,10,13,15-16H,4,9,11-12,14H2. The number of nitrogens with zero attached hydrogens (tertiary/aromatic N) is 4. The van der Waals surface area contributed by atoms with Crippen molar-refractivity contribution in [1.29, 1.82) is 0 Å². The van der Waals surface area contributed by atoms with Gasteiger partial charge >= 0.3 is 0 Å². The number of hydrogen-bond acceptors (Lipinski definition) is 6. The summed E-state index contributed by atoms with van der Waals surface area (Å²) in [5, 5.41) is 0.429. The highest BCUT2D eigenvalue weighted by Crippen LogP contribution is 2.30. The molecule has 0 atom stereocenters. The number of aryl methyl sites for hydroxylation is 1. The van der Waals surface area contributed by atoms with Crippen LogP contribution < -0.4 is 4.90 Å². The van der Waals surface area contributed by atoms with Crippen LogP contribution in [0, 0.1) is 5.82 Å². The number of thiazole rings is 1. The van der Waals surface area contributed by atoms with Crippen molar-refractivity contribution in [2.45, 2.75) is 24.3 Å². The molecular weight excluding hydrogens is 451 g/mol. The van der Waals surface area contributed by atoms with Crippen LogP contribution in [-0.2, 0) is 21.2 Å². The molecule has 10 heteroatoms. The fourth-order valence-corrected chi connectivity index (χ4v) is 5.55. The molecular formula is C22H21FN4O3S2. The highest BCUT2D eigenvalue weighted by molar-refractivity contribution is 7.91. The SMILES string of the molecule is O=C(CCS(=O)(=O)c1ccccc1)N(CCCn1ccnc1)c1nc2ccc(F)cc2s1. The molecule has 4 rings (SSSR count). The largest absolute Gasteiger partial charge is 0.337 e. The van der Waals surface area contributed by atoms with Gasteiger partial charge in [-0.1, -0.05) is 29.5 Å². The van der Waals surface area contributed by atoms with E-state index in [4.69, 9.17) is 0 Å². The second-order valence-electron chi connectivity index (χ2n) is 7.19. The summed E-state index contributed by atoms with van der Waals surface area (Å²) in [6, 6.07) is 12.3.